The quantitative estimate of drug-likeness (QED) is 0.429. The van der Waals surface area contributed by atoms with E-state index < -0.39 is 11.8 Å². The van der Waals surface area contributed by atoms with E-state index in [0.29, 0.717) is 10.7 Å². The van der Waals surface area contributed by atoms with Gasteiger partial charge in [-0.1, -0.05) is 0 Å². The third-order valence-electron chi connectivity index (χ3n) is 5.61. The summed E-state index contributed by atoms with van der Waals surface area (Å²) in [5.41, 5.74) is 1.75. The first kappa shape index (κ1) is 18.6. The van der Waals surface area contributed by atoms with Crippen LogP contribution in [0.2, 0.25) is 0 Å². The standard InChI is InChI=1S/C19H22FN3O3S/c1-4-26-19(25)16-17(24)12-9-13(20)15(22-7-5-21(3)6-8-22)10-14(12)23-11(2)27-18(16)23/h9-11H,4-8H2,1-3H3/p+3. The summed E-state index contributed by atoms with van der Waals surface area (Å²) in [6.45, 7) is 7.67. The van der Waals surface area contributed by atoms with Gasteiger partial charge in [0, 0.05) is 0 Å². The zero-order chi connectivity index (χ0) is 19.3. The molecular formula is C19H25FN3O3S+3. The van der Waals surface area contributed by atoms with Crippen LogP contribution in [0.25, 0.3) is 0 Å². The molecule has 3 aliphatic rings. The van der Waals surface area contributed by atoms with Gasteiger partial charge in [0.15, 0.2) is 33.2 Å². The van der Waals surface area contributed by atoms with Gasteiger partial charge in [0.05, 0.1) is 25.3 Å². The second-order valence-corrected chi connectivity index (χ2v) is 8.72. The van der Waals surface area contributed by atoms with Gasteiger partial charge >= 0.3 is 5.97 Å². The lowest BCUT2D eigenvalue weighted by atomic mass is 9.96. The zero-order valence-electron chi connectivity index (χ0n) is 15.8. The smallest absolute Gasteiger partial charge is 0.348 e. The average molecular weight is 394 g/mol. The number of hydrogen-bond acceptors (Lipinski definition) is 4. The van der Waals surface area contributed by atoms with Gasteiger partial charge in [-0.05, 0) is 31.7 Å². The average Bonchev–Trinajstić information content (AvgIpc) is 2.62. The van der Waals surface area contributed by atoms with Crippen molar-refractivity contribution in [3.8, 4) is 0 Å². The number of likely N-dealkylation sites (N-methyl/N-ethyl adjacent to an activating group) is 1. The molecule has 0 amide bonds. The van der Waals surface area contributed by atoms with Crippen molar-refractivity contribution in [1.82, 2.24) is 0 Å². The molecule has 6 nitrogen and oxygen atoms in total. The van der Waals surface area contributed by atoms with Crippen LogP contribution in [0.3, 0.4) is 0 Å². The van der Waals surface area contributed by atoms with Gasteiger partial charge < -0.3 is 9.64 Å². The summed E-state index contributed by atoms with van der Waals surface area (Å²) in [6, 6.07) is 3.16. The SMILES string of the molecule is CCOC(=O)C1=C2SC(C)[NH+]2c2cc([NH+]3CC[NH+](C)CC3)c(F)cc2C1=O. The number of hydrogen-bond donors (Lipinski definition) is 3. The highest BCUT2D eigenvalue weighted by atomic mass is 32.2. The molecule has 0 radical (unpaired) electrons. The Bertz CT molecular complexity index is 849. The molecular weight excluding hydrogens is 369 g/mol. The van der Waals surface area contributed by atoms with Gasteiger partial charge in [0.2, 0.25) is 5.78 Å². The predicted octanol–water partition coefficient (Wildman–Crippen LogP) is -1.55. The first-order valence-corrected chi connectivity index (χ1v) is 10.3. The van der Waals surface area contributed by atoms with Crippen LogP contribution in [0, 0.1) is 5.82 Å². The van der Waals surface area contributed by atoms with Crippen LogP contribution >= 0.6 is 11.8 Å². The highest BCUT2D eigenvalue weighted by molar-refractivity contribution is 8.04. The highest BCUT2D eigenvalue weighted by Crippen LogP contribution is 2.38. The lowest BCUT2D eigenvalue weighted by Gasteiger charge is -2.39. The molecule has 1 aromatic carbocycles. The normalized spacial score (nSPS) is 29.7. The Morgan fingerprint density at radius 2 is 1.96 bits per heavy atom. The molecule has 4 rings (SSSR count). The van der Waals surface area contributed by atoms with E-state index >= 15 is 0 Å². The summed E-state index contributed by atoms with van der Waals surface area (Å²) in [5.74, 6) is -1.41. The molecule has 2 atom stereocenters. The summed E-state index contributed by atoms with van der Waals surface area (Å²) in [4.78, 5) is 28.8. The number of nitrogens with one attached hydrogen (secondary N) is 3. The third-order valence-corrected chi connectivity index (χ3v) is 6.86. The van der Waals surface area contributed by atoms with Crippen molar-refractivity contribution in [2.45, 2.75) is 19.2 Å². The van der Waals surface area contributed by atoms with Crippen molar-refractivity contribution in [2.75, 3.05) is 39.8 Å². The van der Waals surface area contributed by atoms with Crippen LogP contribution in [0.4, 0.5) is 15.8 Å². The van der Waals surface area contributed by atoms with E-state index in [1.807, 2.05) is 13.0 Å². The molecule has 3 heterocycles. The number of benzene rings is 1. The zero-order valence-corrected chi connectivity index (χ0v) is 16.6. The van der Waals surface area contributed by atoms with E-state index in [-0.39, 0.29) is 28.9 Å². The third kappa shape index (κ3) is 3.00. The molecule has 0 spiro atoms. The number of fused-ring (bicyclic) bond motifs is 3. The minimum absolute atomic E-state index is 0.0603. The number of ether oxygens (including phenoxy) is 1. The maximum Gasteiger partial charge on any atom is 0.348 e. The van der Waals surface area contributed by atoms with Crippen molar-refractivity contribution in [3.63, 3.8) is 0 Å². The molecule has 3 N–H and O–H groups in total. The molecule has 0 saturated carbocycles. The van der Waals surface area contributed by atoms with Crippen molar-refractivity contribution in [2.24, 2.45) is 0 Å². The molecule has 0 aromatic heterocycles. The number of Topliss-reactive ketones (excluding diaryl/α,β-unsaturated/α-hetero) is 1. The number of ketones is 1. The molecule has 2 unspecified atom stereocenters. The fourth-order valence-electron chi connectivity index (χ4n) is 4.09. The van der Waals surface area contributed by atoms with Crippen LogP contribution in [-0.2, 0) is 9.53 Å². The molecule has 1 aromatic rings. The number of carbonyl (C=O) groups excluding carboxylic acids is 2. The van der Waals surface area contributed by atoms with Crippen LogP contribution in [0.5, 0.6) is 0 Å². The monoisotopic (exact) mass is 394 g/mol. The maximum atomic E-state index is 14.9. The van der Waals surface area contributed by atoms with Gasteiger partial charge in [-0.15, -0.1) is 0 Å². The molecule has 27 heavy (non-hydrogen) atoms. The number of rotatable bonds is 3. The number of thioether (sulfide) groups is 1. The second kappa shape index (κ2) is 7.01. The number of carbonyl (C=O) groups is 2. The lowest BCUT2D eigenvalue weighted by molar-refractivity contribution is -0.975. The number of piperazine rings is 1. The fourth-order valence-corrected chi connectivity index (χ4v) is 5.33. The molecule has 0 aliphatic carbocycles. The van der Waals surface area contributed by atoms with E-state index in [0.717, 1.165) is 41.7 Å². The fraction of sp³-hybridized carbons (Fsp3) is 0.474. The van der Waals surface area contributed by atoms with Crippen LogP contribution < -0.4 is 14.7 Å². The summed E-state index contributed by atoms with van der Waals surface area (Å²) in [7, 11) is 2.15. The van der Waals surface area contributed by atoms with Crippen molar-refractivity contribution >= 4 is 34.9 Å². The summed E-state index contributed by atoms with van der Waals surface area (Å²) in [5, 5.41) is 0.871. The molecule has 2 fully saturated rings. The van der Waals surface area contributed by atoms with Gasteiger partial charge in [-0.3, -0.25) is 14.6 Å². The van der Waals surface area contributed by atoms with Crippen molar-refractivity contribution in [3.05, 3.63) is 34.1 Å². The lowest BCUT2D eigenvalue weighted by Crippen LogP contribution is -3.25. The van der Waals surface area contributed by atoms with Crippen LogP contribution in [0.15, 0.2) is 22.7 Å². The van der Waals surface area contributed by atoms with Crippen LogP contribution in [0.1, 0.15) is 24.2 Å². The van der Waals surface area contributed by atoms with E-state index in [1.165, 1.54) is 22.7 Å². The topological polar surface area (TPSA) is 56.7 Å². The van der Waals surface area contributed by atoms with Gasteiger partial charge in [-0.25, -0.2) is 9.18 Å². The summed E-state index contributed by atoms with van der Waals surface area (Å²) in [6.07, 6.45) is 0. The largest absolute Gasteiger partial charge is 0.462 e. The Kier molecular flexibility index (Phi) is 4.84. The number of halogens is 1. The Hall–Kier alpha value is -1.74. The second-order valence-electron chi connectivity index (χ2n) is 7.37. The van der Waals surface area contributed by atoms with Crippen molar-refractivity contribution in [1.29, 1.82) is 0 Å². The molecule has 2 saturated heterocycles. The first-order chi connectivity index (χ1) is 12.9. The Morgan fingerprint density at radius 3 is 2.59 bits per heavy atom. The van der Waals surface area contributed by atoms with E-state index in [9.17, 15) is 14.0 Å². The number of esters is 1. The minimum Gasteiger partial charge on any atom is -0.462 e. The molecule has 3 aliphatic heterocycles. The molecule has 144 valence electrons. The van der Waals surface area contributed by atoms with E-state index in [1.54, 1.807) is 6.92 Å². The Labute approximate surface area is 161 Å². The molecule has 8 heteroatoms. The van der Waals surface area contributed by atoms with Crippen LogP contribution in [-0.4, -0.2) is 57.0 Å². The summed E-state index contributed by atoms with van der Waals surface area (Å²) < 4.78 is 20.0. The van der Waals surface area contributed by atoms with Crippen molar-refractivity contribution < 1.29 is 33.4 Å². The Balaban J connectivity index is 1.75. The first-order valence-electron chi connectivity index (χ1n) is 9.42. The van der Waals surface area contributed by atoms with E-state index in [4.69, 9.17) is 4.74 Å². The number of quaternary nitrogens is 3. The van der Waals surface area contributed by atoms with Gasteiger partial charge in [0.1, 0.15) is 26.2 Å². The minimum atomic E-state index is -0.614. The summed E-state index contributed by atoms with van der Waals surface area (Å²) >= 11 is 1.51. The maximum absolute atomic E-state index is 14.9. The highest BCUT2D eigenvalue weighted by Gasteiger charge is 2.51. The van der Waals surface area contributed by atoms with Gasteiger partial charge in [-0.2, -0.15) is 0 Å². The Morgan fingerprint density at radius 1 is 1.26 bits per heavy atom. The van der Waals surface area contributed by atoms with E-state index in [2.05, 4.69) is 7.05 Å². The molecule has 0 bridgehead atoms. The predicted molar refractivity (Wildman–Crippen MR) is 99.0 cm³/mol. The van der Waals surface area contributed by atoms with Gasteiger partial charge in [0.25, 0.3) is 0 Å².